The van der Waals surface area contributed by atoms with Gasteiger partial charge in [-0.25, -0.2) is 0 Å². The first-order valence-corrected chi connectivity index (χ1v) is 13.7. The number of anilines is 2. The molecule has 13 heteroatoms. The minimum absolute atomic E-state index is 0. The number of methoxy groups -OCH3 is 2. The number of hydrazone groups is 2. The van der Waals surface area contributed by atoms with Crippen LogP contribution in [0.3, 0.4) is 0 Å². The van der Waals surface area contributed by atoms with Crippen LogP contribution in [-0.2, 0) is 26.4 Å². The largest absolute Gasteiger partial charge is 0.497 e. The molecule has 0 unspecified atom stereocenters. The van der Waals surface area contributed by atoms with Crippen LogP contribution < -0.4 is 20.3 Å². The van der Waals surface area contributed by atoms with Gasteiger partial charge in [0, 0.05) is 40.3 Å². The van der Waals surface area contributed by atoms with Crippen LogP contribution in [0.25, 0.3) is 0 Å². The third-order valence-corrected chi connectivity index (χ3v) is 6.75. The Hall–Kier alpha value is -6.05. The van der Waals surface area contributed by atoms with Crippen molar-refractivity contribution in [1.82, 2.24) is 9.97 Å². The standard InChI is InChI=1S/2C17H13N3O3.Co/c2*1-23-13-6-4-12(5-7-13)19-20-15-9-11(10-21)17(22)16-14(15)3-2-8-18-16;/h2*2-10,19H,1H3;/b2*20-15-;. The van der Waals surface area contributed by atoms with Crippen LogP contribution in [0.5, 0.6) is 11.5 Å². The fourth-order valence-corrected chi connectivity index (χ4v) is 4.38. The first-order chi connectivity index (χ1) is 22.4. The van der Waals surface area contributed by atoms with E-state index in [2.05, 4.69) is 31.0 Å². The van der Waals surface area contributed by atoms with Crippen molar-refractivity contribution in [3.63, 3.8) is 0 Å². The number of aldehydes is 2. The Kier molecular flexibility index (Phi) is 11.4. The van der Waals surface area contributed by atoms with E-state index in [0.29, 0.717) is 35.1 Å². The Labute approximate surface area is 279 Å². The van der Waals surface area contributed by atoms with Gasteiger partial charge in [0.1, 0.15) is 22.9 Å². The van der Waals surface area contributed by atoms with Gasteiger partial charge in [0.25, 0.3) is 0 Å². The maximum absolute atomic E-state index is 12.1. The number of rotatable bonds is 8. The molecule has 0 amide bonds. The summed E-state index contributed by atoms with van der Waals surface area (Å²) < 4.78 is 10.2. The Morgan fingerprint density at radius 1 is 0.617 bits per heavy atom. The number of carbonyl (C=O) groups excluding carboxylic acids is 4. The monoisotopic (exact) mass is 673 g/mol. The zero-order valence-corrected chi connectivity index (χ0v) is 26.0. The van der Waals surface area contributed by atoms with E-state index in [1.54, 1.807) is 62.8 Å². The van der Waals surface area contributed by atoms with Crippen molar-refractivity contribution in [1.29, 1.82) is 0 Å². The van der Waals surface area contributed by atoms with Crippen molar-refractivity contribution in [2.24, 2.45) is 10.2 Å². The molecule has 0 fully saturated rings. The molecule has 237 valence electrons. The zero-order chi connectivity index (χ0) is 32.5. The summed E-state index contributed by atoms with van der Waals surface area (Å²) in [6.45, 7) is 0. The van der Waals surface area contributed by atoms with Gasteiger partial charge in [0.05, 0.1) is 48.2 Å². The number of carbonyl (C=O) groups is 4. The molecular formula is C34H26CoN6O6. The Morgan fingerprint density at radius 2 is 1.00 bits per heavy atom. The summed E-state index contributed by atoms with van der Waals surface area (Å²) in [5.74, 6) is 0.700. The summed E-state index contributed by atoms with van der Waals surface area (Å²) in [5, 5.41) is 8.56. The molecule has 2 aromatic heterocycles. The molecule has 0 bridgehead atoms. The number of fused-ring (bicyclic) bond motifs is 2. The van der Waals surface area contributed by atoms with Crippen molar-refractivity contribution in [2.75, 3.05) is 25.1 Å². The molecule has 47 heavy (non-hydrogen) atoms. The van der Waals surface area contributed by atoms with E-state index in [4.69, 9.17) is 9.47 Å². The van der Waals surface area contributed by atoms with Crippen LogP contribution in [0.15, 0.2) is 119 Å². The number of hydrogen-bond acceptors (Lipinski definition) is 12. The third kappa shape index (κ3) is 7.79. The van der Waals surface area contributed by atoms with Crippen molar-refractivity contribution in [3.05, 3.63) is 131 Å². The van der Waals surface area contributed by atoms with Gasteiger partial charge in [-0.05, 0) is 84.9 Å². The predicted molar refractivity (Wildman–Crippen MR) is 172 cm³/mol. The van der Waals surface area contributed by atoms with E-state index in [9.17, 15) is 19.2 Å². The van der Waals surface area contributed by atoms with Gasteiger partial charge in [-0.1, -0.05) is 0 Å². The van der Waals surface area contributed by atoms with Gasteiger partial charge in [0.15, 0.2) is 12.6 Å². The molecule has 2 aliphatic carbocycles. The number of ether oxygens (including phenoxy) is 2. The molecule has 0 atom stereocenters. The van der Waals surface area contributed by atoms with Gasteiger partial charge in [-0.2, -0.15) is 10.2 Å². The molecule has 12 nitrogen and oxygen atoms in total. The molecule has 0 aliphatic heterocycles. The number of nitrogens with one attached hydrogen (secondary N) is 2. The molecule has 1 radical (unpaired) electrons. The van der Waals surface area contributed by atoms with E-state index in [1.807, 2.05) is 24.3 Å². The summed E-state index contributed by atoms with van der Waals surface area (Å²) in [6, 6.07) is 21.4. The van der Waals surface area contributed by atoms with E-state index in [0.717, 1.165) is 22.9 Å². The average molecular weight is 674 g/mol. The molecule has 0 saturated carbocycles. The SMILES string of the molecule is COc1ccc(N/N=C2/C=C(C=O)C(=O)c3ncccc32)cc1.COc1ccc(N/N=C2/C=C(C=O)C(=O)c3ncccc32)cc1.[Co]. The smallest absolute Gasteiger partial charge is 0.215 e. The summed E-state index contributed by atoms with van der Waals surface area (Å²) in [5.41, 5.74) is 9.96. The quantitative estimate of drug-likeness (QED) is 0.155. The summed E-state index contributed by atoms with van der Waals surface area (Å²) in [7, 11) is 3.19. The Balaban J connectivity index is 0.000000208. The average Bonchev–Trinajstić information content (AvgIpc) is 3.12. The van der Waals surface area contributed by atoms with E-state index in [1.165, 1.54) is 24.5 Å². The number of allylic oxidation sites excluding steroid dienone is 4. The van der Waals surface area contributed by atoms with E-state index < -0.39 is 0 Å². The van der Waals surface area contributed by atoms with Crippen molar-refractivity contribution in [3.8, 4) is 11.5 Å². The van der Waals surface area contributed by atoms with Gasteiger partial charge in [-0.15, -0.1) is 0 Å². The normalized spacial score (nSPS) is 14.6. The van der Waals surface area contributed by atoms with Crippen LogP contribution in [0.2, 0.25) is 0 Å². The summed E-state index contributed by atoms with van der Waals surface area (Å²) >= 11 is 0. The summed E-state index contributed by atoms with van der Waals surface area (Å²) in [4.78, 5) is 54.4. The fourth-order valence-electron chi connectivity index (χ4n) is 4.38. The summed E-state index contributed by atoms with van der Waals surface area (Å²) in [6.07, 6.45) is 6.97. The Bertz CT molecular complexity index is 1790. The second-order valence-corrected chi connectivity index (χ2v) is 9.57. The van der Waals surface area contributed by atoms with Crippen LogP contribution in [0.1, 0.15) is 32.1 Å². The van der Waals surface area contributed by atoms with Crippen molar-refractivity contribution >= 4 is 46.9 Å². The maximum atomic E-state index is 12.1. The molecule has 2 aliphatic rings. The first-order valence-electron chi connectivity index (χ1n) is 13.7. The van der Waals surface area contributed by atoms with E-state index >= 15 is 0 Å². The molecule has 4 aromatic rings. The van der Waals surface area contributed by atoms with Crippen LogP contribution in [-0.4, -0.2) is 59.7 Å². The molecule has 6 rings (SSSR count). The Morgan fingerprint density at radius 3 is 1.34 bits per heavy atom. The van der Waals surface area contributed by atoms with Gasteiger partial charge >= 0.3 is 0 Å². The number of Topliss-reactive ketones (excluding diaryl/α,β-unsaturated/α-hetero) is 2. The number of pyridine rings is 2. The zero-order valence-electron chi connectivity index (χ0n) is 25.0. The molecule has 0 saturated heterocycles. The number of ketones is 2. The van der Waals surface area contributed by atoms with Crippen molar-refractivity contribution in [2.45, 2.75) is 0 Å². The minimum atomic E-state index is -0.390. The fraction of sp³-hybridized carbons (Fsp3) is 0.0588. The number of benzene rings is 2. The first kappa shape index (κ1) is 33.8. The predicted octanol–water partition coefficient (Wildman–Crippen LogP) is 4.45. The second-order valence-electron chi connectivity index (χ2n) is 9.57. The van der Waals surface area contributed by atoms with Crippen LogP contribution in [0, 0.1) is 0 Å². The maximum Gasteiger partial charge on any atom is 0.215 e. The minimum Gasteiger partial charge on any atom is -0.497 e. The number of hydrogen-bond donors (Lipinski definition) is 2. The molecule has 2 N–H and O–H groups in total. The van der Waals surface area contributed by atoms with Crippen molar-refractivity contribution < 1.29 is 45.4 Å². The molecular weight excluding hydrogens is 647 g/mol. The van der Waals surface area contributed by atoms with Gasteiger partial charge in [-0.3, -0.25) is 40.0 Å². The molecule has 2 heterocycles. The van der Waals surface area contributed by atoms with Gasteiger partial charge < -0.3 is 9.47 Å². The number of aromatic nitrogens is 2. The second kappa shape index (κ2) is 15.8. The molecule has 0 spiro atoms. The number of nitrogens with zero attached hydrogens (tertiary/aromatic N) is 4. The third-order valence-electron chi connectivity index (χ3n) is 6.75. The topological polar surface area (TPSA) is 161 Å². The van der Waals surface area contributed by atoms with Gasteiger partial charge in [0.2, 0.25) is 11.6 Å². The van der Waals surface area contributed by atoms with Crippen LogP contribution >= 0.6 is 0 Å². The van der Waals surface area contributed by atoms with E-state index in [-0.39, 0.29) is 50.9 Å². The molecule has 2 aromatic carbocycles. The van der Waals surface area contributed by atoms with Crippen LogP contribution in [0.4, 0.5) is 11.4 Å².